The number of hydrogen-bond acceptors (Lipinski definition) is 3. The van der Waals surface area contributed by atoms with Crippen LogP contribution in [-0.4, -0.2) is 15.9 Å². The van der Waals surface area contributed by atoms with E-state index in [0.29, 0.717) is 10.7 Å². The van der Waals surface area contributed by atoms with Crippen LogP contribution in [0.3, 0.4) is 0 Å². The van der Waals surface area contributed by atoms with E-state index in [0.717, 1.165) is 5.56 Å². The number of nitrogens with zero attached hydrogens (tertiary/aromatic N) is 1. The van der Waals surface area contributed by atoms with Gasteiger partial charge in [-0.2, -0.15) is 0 Å². The molecule has 2 N–H and O–H groups in total. The van der Waals surface area contributed by atoms with Gasteiger partial charge in [-0.1, -0.05) is 23.7 Å². The van der Waals surface area contributed by atoms with Crippen LogP contribution in [0.25, 0.3) is 0 Å². The Morgan fingerprint density at radius 3 is 2.95 bits per heavy atom. The molecule has 5 nitrogen and oxygen atoms in total. The fraction of sp³-hybridized carbons (Fsp3) is 0.154. The van der Waals surface area contributed by atoms with Crippen LogP contribution in [0, 0.1) is 0 Å². The highest BCUT2D eigenvalue weighted by Gasteiger charge is 2.04. The molecule has 0 bridgehead atoms. The number of H-pyrrole nitrogens is 1. The fourth-order valence-corrected chi connectivity index (χ4v) is 1.80. The first-order valence-corrected chi connectivity index (χ1v) is 6.06. The summed E-state index contributed by atoms with van der Waals surface area (Å²) < 4.78 is 0. The molecule has 0 atom stereocenters. The number of amides is 1. The second-order valence-corrected chi connectivity index (χ2v) is 4.42. The van der Waals surface area contributed by atoms with Gasteiger partial charge in [-0.25, -0.2) is 4.98 Å². The SMILES string of the molecule is O=C(Cc1cccc(Cl)c1)NCc1cc(=O)[nH]cn1. The number of carbonyl (C=O) groups is 1. The molecule has 0 aliphatic rings. The van der Waals surface area contributed by atoms with E-state index in [2.05, 4.69) is 15.3 Å². The zero-order valence-electron chi connectivity index (χ0n) is 10.0. The molecule has 1 aromatic heterocycles. The third-order valence-electron chi connectivity index (χ3n) is 2.46. The van der Waals surface area contributed by atoms with E-state index in [1.807, 2.05) is 6.07 Å². The molecule has 0 aliphatic carbocycles. The minimum absolute atomic E-state index is 0.149. The van der Waals surface area contributed by atoms with Gasteiger partial charge in [0.1, 0.15) is 0 Å². The van der Waals surface area contributed by atoms with Gasteiger partial charge < -0.3 is 10.3 Å². The van der Waals surface area contributed by atoms with E-state index < -0.39 is 0 Å². The Morgan fingerprint density at radius 1 is 1.37 bits per heavy atom. The van der Waals surface area contributed by atoms with Gasteiger partial charge >= 0.3 is 0 Å². The number of benzene rings is 1. The van der Waals surface area contributed by atoms with Gasteiger partial charge in [0.2, 0.25) is 5.91 Å². The highest BCUT2D eigenvalue weighted by Crippen LogP contribution is 2.10. The summed E-state index contributed by atoms with van der Waals surface area (Å²) in [6.07, 6.45) is 1.55. The lowest BCUT2D eigenvalue weighted by Gasteiger charge is -2.04. The molecule has 0 saturated carbocycles. The number of hydrogen-bond donors (Lipinski definition) is 2. The molecule has 2 rings (SSSR count). The first-order valence-electron chi connectivity index (χ1n) is 5.68. The van der Waals surface area contributed by atoms with Crippen molar-refractivity contribution in [1.29, 1.82) is 0 Å². The molecule has 1 aromatic carbocycles. The Morgan fingerprint density at radius 2 is 2.21 bits per heavy atom. The van der Waals surface area contributed by atoms with Crippen LogP contribution in [0.5, 0.6) is 0 Å². The maximum Gasteiger partial charge on any atom is 0.250 e. The Labute approximate surface area is 114 Å². The minimum Gasteiger partial charge on any atom is -0.350 e. The van der Waals surface area contributed by atoms with Crippen LogP contribution in [0.4, 0.5) is 0 Å². The van der Waals surface area contributed by atoms with Crippen LogP contribution in [0.1, 0.15) is 11.3 Å². The molecule has 1 heterocycles. The summed E-state index contributed by atoms with van der Waals surface area (Å²) in [5.41, 5.74) is 1.11. The number of halogens is 1. The molecule has 98 valence electrons. The van der Waals surface area contributed by atoms with Gasteiger partial charge in [-0.05, 0) is 17.7 Å². The molecule has 1 amide bonds. The van der Waals surface area contributed by atoms with Crippen molar-refractivity contribution < 1.29 is 4.79 Å². The fourth-order valence-electron chi connectivity index (χ4n) is 1.59. The number of carbonyl (C=O) groups excluding carboxylic acids is 1. The second-order valence-electron chi connectivity index (χ2n) is 3.99. The molecule has 0 unspecified atom stereocenters. The lowest BCUT2D eigenvalue weighted by molar-refractivity contribution is -0.120. The van der Waals surface area contributed by atoms with Crippen molar-refractivity contribution in [2.45, 2.75) is 13.0 Å². The zero-order valence-corrected chi connectivity index (χ0v) is 10.8. The average molecular weight is 278 g/mol. The molecule has 19 heavy (non-hydrogen) atoms. The number of aromatic nitrogens is 2. The van der Waals surface area contributed by atoms with Crippen molar-refractivity contribution in [3.05, 3.63) is 63.3 Å². The predicted octanol–water partition coefficient (Wildman–Crippen LogP) is 1.28. The van der Waals surface area contributed by atoms with Gasteiger partial charge in [0.25, 0.3) is 5.56 Å². The minimum atomic E-state index is -0.242. The van der Waals surface area contributed by atoms with E-state index in [9.17, 15) is 9.59 Å². The zero-order chi connectivity index (χ0) is 13.7. The van der Waals surface area contributed by atoms with E-state index in [-0.39, 0.29) is 24.4 Å². The summed E-state index contributed by atoms with van der Waals surface area (Å²) in [4.78, 5) is 29.1. The Hall–Kier alpha value is -2.14. The van der Waals surface area contributed by atoms with Gasteiger partial charge in [-0.15, -0.1) is 0 Å². The topological polar surface area (TPSA) is 74.8 Å². The maximum absolute atomic E-state index is 11.7. The summed E-state index contributed by atoms with van der Waals surface area (Å²) in [5, 5.41) is 3.30. The first-order chi connectivity index (χ1) is 9.13. The van der Waals surface area contributed by atoms with Crippen LogP contribution in [0.2, 0.25) is 5.02 Å². The lowest BCUT2D eigenvalue weighted by Crippen LogP contribution is -2.25. The molecule has 0 fully saturated rings. The number of nitrogens with one attached hydrogen (secondary N) is 2. The van der Waals surface area contributed by atoms with Crippen molar-refractivity contribution in [2.75, 3.05) is 0 Å². The molecule has 0 saturated heterocycles. The largest absolute Gasteiger partial charge is 0.350 e. The highest BCUT2D eigenvalue weighted by molar-refractivity contribution is 6.30. The van der Waals surface area contributed by atoms with E-state index >= 15 is 0 Å². The summed E-state index contributed by atoms with van der Waals surface area (Å²) in [6.45, 7) is 0.226. The van der Waals surface area contributed by atoms with E-state index in [4.69, 9.17) is 11.6 Å². The monoisotopic (exact) mass is 277 g/mol. The standard InChI is InChI=1S/C13H12ClN3O2/c14-10-3-1-2-9(4-10)5-12(18)15-7-11-6-13(19)17-8-16-11/h1-4,6,8H,5,7H2,(H,15,18)(H,16,17,19). The number of aromatic amines is 1. The summed E-state index contributed by atoms with van der Waals surface area (Å²) in [5.74, 6) is -0.149. The normalized spacial score (nSPS) is 10.2. The average Bonchev–Trinajstić information content (AvgIpc) is 2.36. The smallest absolute Gasteiger partial charge is 0.250 e. The highest BCUT2D eigenvalue weighted by atomic mass is 35.5. The van der Waals surface area contributed by atoms with Gasteiger partial charge in [-0.3, -0.25) is 9.59 Å². The Bertz CT molecular complexity index is 640. The summed E-state index contributed by atoms with van der Waals surface area (Å²) >= 11 is 5.84. The first kappa shape index (κ1) is 13.3. The molecule has 0 spiro atoms. The molecule has 2 aromatic rings. The van der Waals surface area contributed by atoms with Gasteiger partial charge in [0.15, 0.2) is 0 Å². The van der Waals surface area contributed by atoms with Crippen molar-refractivity contribution in [3.63, 3.8) is 0 Å². The van der Waals surface area contributed by atoms with Crippen LogP contribution < -0.4 is 10.9 Å². The predicted molar refractivity (Wildman–Crippen MR) is 71.9 cm³/mol. The molecule has 6 heteroatoms. The quantitative estimate of drug-likeness (QED) is 0.884. The van der Waals surface area contributed by atoms with Crippen LogP contribution in [0.15, 0.2) is 41.5 Å². The van der Waals surface area contributed by atoms with Crippen LogP contribution in [-0.2, 0) is 17.8 Å². The van der Waals surface area contributed by atoms with Crippen LogP contribution >= 0.6 is 11.6 Å². The molecular weight excluding hydrogens is 266 g/mol. The Balaban J connectivity index is 1.90. The van der Waals surface area contributed by atoms with Crippen molar-refractivity contribution in [1.82, 2.24) is 15.3 Å². The maximum atomic E-state index is 11.7. The second kappa shape index (κ2) is 6.15. The summed E-state index contributed by atoms with van der Waals surface area (Å²) in [6, 6.07) is 8.47. The van der Waals surface area contributed by atoms with Crippen molar-refractivity contribution >= 4 is 17.5 Å². The molecule has 0 aliphatic heterocycles. The molecular formula is C13H12ClN3O2. The van der Waals surface area contributed by atoms with Crippen molar-refractivity contribution in [2.24, 2.45) is 0 Å². The van der Waals surface area contributed by atoms with Gasteiger partial charge in [0, 0.05) is 11.1 Å². The third kappa shape index (κ3) is 4.22. The third-order valence-corrected chi connectivity index (χ3v) is 2.69. The number of rotatable bonds is 4. The lowest BCUT2D eigenvalue weighted by atomic mass is 10.1. The van der Waals surface area contributed by atoms with E-state index in [1.165, 1.54) is 12.4 Å². The van der Waals surface area contributed by atoms with Crippen molar-refractivity contribution in [3.8, 4) is 0 Å². The Kier molecular flexibility index (Phi) is 4.30. The summed E-state index contributed by atoms with van der Waals surface area (Å²) in [7, 11) is 0. The van der Waals surface area contributed by atoms with Gasteiger partial charge in [0.05, 0.1) is 25.0 Å². The van der Waals surface area contributed by atoms with E-state index in [1.54, 1.807) is 18.2 Å². The molecule has 0 radical (unpaired) electrons.